The third-order valence-corrected chi connectivity index (χ3v) is 16.8. The van der Waals surface area contributed by atoms with Crippen LogP contribution in [0.5, 0.6) is 5.75 Å². The van der Waals surface area contributed by atoms with Crippen LogP contribution < -0.4 is 15.5 Å². The second-order valence-corrected chi connectivity index (χ2v) is 22.9. The highest BCUT2D eigenvalue weighted by Gasteiger charge is 2.55. The lowest BCUT2D eigenvalue weighted by Crippen LogP contribution is -2.61. The van der Waals surface area contributed by atoms with Crippen LogP contribution in [0.4, 0.5) is 0 Å². The first-order valence-corrected chi connectivity index (χ1v) is 27.3. The van der Waals surface area contributed by atoms with Crippen LogP contribution in [0.1, 0.15) is 124 Å². The fourth-order valence-electron chi connectivity index (χ4n) is 12.2. The van der Waals surface area contributed by atoms with Crippen molar-refractivity contribution in [2.75, 3.05) is 48.0 Å². The number of aliphatic hydroxyl groups is 3. The number of aromatic carboxylic acids is 1. The van der Waals surface area contributed by atoms with Crippen LogP contribution >= 0.6 is 0 Å². The first-order chi connectivity index (χ1) is 36.1. The van der Waals surface area contributed by atoms with Crippen LogP contribution in [0.25, 0.3) is 10.9 Å². The summed E-state index contributed by atoms with van der Waals surface area (Å²) in [6.45, 7) is 18.3. The molecule has 4 aliphatic heterocycles. The standard InChI is InChI=1S/C56H87N3O18/c1-15-40-56(10,68)48(64)31(4)44(61)29(2)26-54(8,69-13)49(77-53-46(63)39(58(11)12)23-30(3)72-53)32(5)47(33(6)52(67)74-40)76-42-27-55(9,70-14)50(34(7)73-42)75-41(60)18-19-57-20-22-71-36-24-35-17-16-21-59-28-38(51(65)66)45(62)37(25-36)43(35)59/h24-25,28-34,39-40,42,46-50,53,57,63-64,68H,15-23,26-27H2,1-14H3,(H,65,66)/t29-,30+,31+,32+,33-,34+,39-,40-,42+,46+,47+,48-,49-,50+,53-,54-,55-,56-/m1/s1. The number of nitrogens with zero attached hydrogens (tertiary/aromatic N) is 2. The van der Waals surface area contributed by atoms with E-state index in [1.54, 1.807) is 47.6 Å². The highest BCUT2D eigenvalue weighted by atomic mass is 16.7. The van der Waals surface area contributed by atoms with Gasteiger partial charge in [-0.3, -0.25) is 19.2 Å². The maximum atomic E-state index is 14.6. The molecule has 0 aliphatic carbocycles. The number of nitrogens with one attached hydrogen (secondary N) is 1. The Kier molecular flexibility index (Phi) is 20.6. The molecule has 4 aliphatic rings. The number of pyridine rings is 1. The monoisotopic (exact) mass is 1090 g/mol. The zero-order valence-corrected chi connectivity index (χ0v) is 47.6. The van der Waals surface area contributed by atoms with Crippen molar-refractivity contribution in [3.63, 3.8) is 0 Å². The molecule has 0 spiro atoms. The molecular formula is C56H87N3O18. The van der Waals surface area contributed by atoms with E-state index >= 15 is 0 Å². The van der Waals surface area contributed by atoms with Gasteiger partial charge in [0, 0.05) is 70.3 Å². The van der Waals surface area contributed by atoms with Gasteiger partial charge in [0.25, 0.3) is 0 Å². The van der Waals surface area contributed by atoms with E-state index in [2.05, 4.69) is 5.32 Å². The quantitative estimate of drug-likeness (QED) is 0.111. The zero-order chi connectivity index (χ0) is 57.1. The van der Waals surface area contributed by atoms with E-state index < -0.39 is 119 Å². The number of aliphatic hydroxyl groups excluding tert-OH is 2. The molecule has 77 heavy (non-hydrogen) atoms. The number of aromatic nitrogens is 1. The van der Waals surface area contributed by atoms with Crippen molar-refractivity contribution in [2.24, 2.45) is 23.7 Å². The molecule has 1 aromatic carbocycles. The average Bonchev–Trinajstić information content (AvgIpc) is 3.38. The van der Waals surface area contributed by atoms with Crippen LogP contribution in [0.2, 0.25) is 0 Å². The fourth-order valence-corrected chi connectivity index (χ4v) is 12.2. The lowest BCUT2D eigenvalue weighted by molar-refractivity contribution is -0.320. The van der Waals surface area contributed by atoms with Crippen LogP contribution in [-0.4, -0.2) is 186 Å². The number of hydrogen-bond donors (Lipinski definition) is 5. The van der Waals surface area contributed by atoms with E-state index in [1.807, 2.05) is 43.5 Å². The Morgan fingerprint density at radius 2 is 1.58 bits per heavy atom. The number of carboxylic acid groups (broad SMARTS) is 1. The van der Waals surface area contributed by atoms with Gasteiger partial charge in [-0.05, 0) is 105 Å². The number of carboxylic acids is 1. The average molecular weight is 1090 g/mol. The number of carbonyl (C=O) groups excluding carboxylic acids is 3. The van der Waals surface area contributed by atoms with Gasteiger partial charge in [-0.15, -0.1) is 0 Å². The number of ether oxygens (including phenoxy) is 9. The van der Waals surface area contributed by atoms with Crippen LogP contribution in [-0.2, 0) is 65.2 Å². The zero-order valence-electron chi connectivity index (χ0n) is 47.6. The third kappa shape index (κ3) is 13.6. The summed E-state index contributed by atoms with van der Waals surface area (Å²) in [6, 6.07) is 3.11. The Hall–Kier alpha value is -4.13. The molecule has 18 atom stereocenters. The molecule has 5 N–H and O–H groups in total. The normalized spacial score (nSPS) is 37.5. The van der Waals surface area contributed by atoms with Crippen molar-refractivity contribution >= 4 is 34.6 Å². The number of esters is 2. The molecule has 6 rings (SSSR count). The van der Waals surface area contributed by atoms with Crippen molar-refractivity contribution in [1.29, 1.82) is 0 Å². The van der Waals surface area contributed by atoms with Crippen LogP contribution in [0, 0.1) is 23.7 Å². The molecule has 5 heterocycles. The van der Waals surface area contributed by atoms with Crippen molar-refractivity contribution in [1.82, 2.24) is 14.8 Å². The maximum Gasteiger partial charge on any atom is 0.341 e. The summed E-state index contributed by atoms with van der Waals surface area (Å²) < 4.78 is 59.1. The molecular weight excluding hydrogens is 1000 g/mol. The second-order valence-electron chi connectivity index (χ2n) is 22.9. The van der Waals surface area contributed by atoms with E-state index in [1.165, 1.54) is 34.3 Å². The molecule has 21 nitrogen and oxygen atoms in total. The van der Waals surface area contributed by atoms with E-state index in [0.29, 0.717) is 30.6 Å². The fraction of sp³-hybridized carbons (Fsp3) is 0.768. The molecule has 0 saturated carbocycles. The highest BCUT2D eigenvalue weighted by Crippen LogP contribution is 2.42. The number of likely N-dealkylation sites (N-methyl/N-ethyl adjacent to an activating group) is 1. The van der Waals surface area contributed by atoms with Crippen LogP contribution in [0.3, 0.4) is 0 Å². The smallest absolute Gasteiger partial charge is 0.341 e. The number of cyclic esters (lactones) is 1. The van der Waals surface area contributed by atoms with Crippen LogP contribution in [0.15, 0.2) is 23.1 Å². The largest absolute Gasteiger partial charge is 0.492 e. The number of aryl methyl sites for hydroxylation is 2. The number of benzene rings is 1. The minimum Gasteiger partial charge on any atom is -0.492 e. The number of methoxy groups -OCH3 is 2. The summed E-state index contributed by atoms with van der Waals surface area (Å²) in [5.74, 6) is -6.23. The van der Waals surface area contributed by atoms with Crippen molar-refractivity contribution in [2.45, 2.75) is 205 Å². The van der Waals surface area contributed by atoms with Gasteiger partial charge in [-0.2, -0.15) is 0 Å². The summed E-state index contributed by atoms with van der Waals surface area (Å²) >= 11 is 0. The Morgan fingerprint density at radius 1 is 0.909 bits per heavy atom. The highest BCUT2D eigenvalue weighted by molar-refractivity contribution is 5.94. The first kappa shape index (κ1) is 62.1. The topological polar surface area (TPSA) is 270 Å². The molecule has 21 heteroatoms. The van der Waals surface area contributed by atoms with Gasteiger partial charge < -0.3 is 77.8 Å². The van der Waals surface area contributed by atoms with E-state index in [9.17, 15) is 44.4 Å². The summed E-state index contributed by atoms with van der Waals surface area (Å²) in [5, 5.41) is 48.4. The number of ketones is 1. The Balaban J connectivity index is 1.19. The molecule has 1 aromatic heterocycles. The number of carbonyl (C=O) groups is 4. The van der Waals surface area contributed by atoms with Gasteiger partial charge in [0.05, 0.1) is 59.4 Å². The summed E-state index contributed by atoms with van der Waals surface area (Å²) in [5.41, 5.74) is -3.76. The Morgan fingerprint density at radius 3 is 2.22 bits per heavy atom. The molecule has 3 saturated heterocycles. The predicted octanol–water partition coefficient (Wildman–Crippen LogP) is 4.01. The van der Waals surface area contributed by atoms with Gasteiger partial charge in [0.2, 0.25) is 5.43 Å². The minimum atomic E-state index is -2.03. The van der Waals surface area contributed by atoms with Gasteiger partial charge >= 0.3 is 17.9 Å². The maximum absolute atomic E-state index is 14.6. The Bertz CT molecular complexity index is 2450. The molecule has 0 amide bonds. The second kappa shape index (κ2) is 25.5. The summed E-state index contributed by atoms with van der Waals surface area (Å²) in [4.78, 5) is 69.1. The van der Waals surface area contributed by atoms with Crippen molar-refractivity contribution in [3.05, 3.63) is 39.7 Å². The molecule has 0 bridgehead atoms. The van der Waals surface area contributed by atoms with E-state index in [-0.39, 0.29) is 62.3 Å². The van der Waals surface area contributed by atoms with Crippen molar-refractivity contribution < 1.29 is 82.2 Å². The molecule has 0 radical (unpaired) electrons. The summed E-state index contributed by atoms with van der Waals surface area (Å²) in [6.07, 6.45) is -6.79. The Labute approximate surface area is 452 Å². The van der Waals surface area contributed by atoms with E-state index in [0.717, 1.165) is 23.9 Å². The minimum absolute atomic E-state index is 0.0152. The first-order valence-electron chi connectivity index (χ1n) is 27.3. The number of rotatable bonds is 17. The molecule has 0 unspecified atom stereocenters. The molecule has 434 valence electrons. The SMILES string of the molecule is CC[C@H]1OC(=O)[C@H](C)[C@@H](O[C@H]2C[C@@](C)(OC)[C@@H](OC(=O)CCNCCOc3cc4c5c(c3)c(=O)c(C(=O)O)cn5CCC4)[C@H](C)O2)[C@H](C)[C@@H](O[C@H]2O[C@@H](C)C[C@@H](N(C)C)[C@@H]2O)[C@](C)(OC)C[C@@H](C)C(=O)[C@H](C)[C@@H](O)[C@]1(C)O. The van der Waals surface area contributed by atoms with Gasteiger partial charge in [0.15, 0.2) is 18.7 Å². The van der Waals surface area contributed by atoms with Gasteiger partial charge in [0.1, 0.15) is 47.1 Å². The van der Waals surface area contributed by atoms with E-state index in [4.69, 9.17) is 42.6 Å². The van der Waals surface area contributed by atoms with Gasteiger partial charge in [-0.25, -0.2) is 4.79 Å². The molecule has 2 aromatic rings. The lowest BCUT2D eigenvalue weighted by atomic mass is 9.74. The van der Waals surface area contributed by atoms with Gasteiger partial charge in [-0.1, -0.05) is 27.7 Å². The predicted molar refractivity (Wildman–Crippen MR) is 281 cm³/mol. The summed E-state index contributed by atoms with van der Waals surface area (Å²) in [7, 11) is 6.71. The lowest BCUT2D eigenvalue weighted by Gasteiger charge is -2.50. The number of hydrogen-bond acceptors (Lipinski definition) is 19. The molecule has 3 fully saturated rings. The number of Topliss-reactive ketones (excluding diaryl/α,β-unsaturated/α-hetero) is 1. The van der Waals surface area contributed by atoms with Crippen molar-refractivity contribution in [3.8, 4) is 5.75 Å². The third-order valence-electron chi connectivity index (χ3n) is 16.8.